The van der Waals surface area contributed by atoms with Gasteiger partial charge in [-0.3, -0.25) is 4.79 Å². The van der Waals surface area contributed by atoms with Crippen LogP contribution in [0.4, 0.5) is 0 Å². The molecular formula is C16H19ClN2O4S2. The van der Waals surface area contributed by atoms with E-state index in [0.717, 1.165) is 22.8 Å². The normalized spacial score (nSPS) is 19.0. The fraction of sp³-hybridized carbons (Fsp3) is 0.312. The highest BCUT2D eigenvalue weighted by Gasteiger charge is 2.26. The van der Waals surface area contributed by atoms with Crippen LogP contribution in [-0.4, -0.2) is 32.6 Å². The molecule has 0 aliphatic heterocycles. The van der Waals surface area contributed by atoms with Gasteiger partial charge in [0, 0.05) is 10.9 Å². The van der Waals surface area contributed by atoms with Crippen LogP contribution in [0, 0.1) is 0 Å². The van der Waals surface area contributed by atoms with Gasteiger partial charge in [-0.2, -0.15) is 0 Å². The number of sulfonamides is 1. The maximum Gasteiger partial charge on any atom is 0.258 e. The lowest BCUT2D eigenvalue weighted by Gasteiger charge is -2.07. The summed E-state index contributed by atoms with van der Waals surface area (Å²) in [4.78, 5) is 10.9. The van der Waals surface area contributed by atoms with Gasteiger partial charge in [0.25, 0.3) is 5.91 Å². The van der Waals surface area contributed by atoms with E-state index in [9.17, 15) is 18.3 Å². The van der Waals surface area contributed by atoms with Crippen molar-refractivity contribution >= 4 is 38.9 Å². The van der Waals surface area contributed by atoms with Crippen LogP contribution in [0.1, 0.15) is 33.6 Å². The molecule has 2 atom stereocenters. The molecule has 1 aliphatic carbocycles. The minimum atomic E-state index is -3.45. The summed E-state index contributed by atoms with van der Waals surface area (Å²) < 4.78 is 24.6. The van der Waals surface area contributed by atoms with Crippen molar-refractivity contribution in [2.24, 2.45) is 5.73 Å². The van der Waals surface area contributed by atoms with Crippen LogP contribution >= 0.6 is 22.9 Å². The van der Waals surface area contributed by atoms with Gasteiger partial charge in [-0.05, 0) is 48.9 Å². The van der Waals surface area contributed by atoms with Crippen molar-refractivity contribution in [1.29, 1.82) is 0 Å². The Labute approximate surface area is 155 Å². The minimum Gasteiger partial charge on any atom is -0.392 e. The molecule has 0 spiro atoms. The molecule has 1 heterocycles. The highest BCUT2D eigenvalue weighted by atomic mass is 35.5. The number of benzene rings is 1. The Morgan fingerprint density at radius 1 is 1.36 bits per heavy atom. The number of hydrogen-bond acceptors (Lipinski definition) is 5. The molecule has 6 nitrogen and oxygen atoms in total. The van der Waals surface area contributed by atoms with Crippen molar-refractivity contribution in [3.8, 4) is 0 Å². The molecule has 0 radical (unpaired) electrons. The second-order valence-electron chi connectivity index (χ2n) is 5.59. The van der Waals surface area contributed by atoms with E-state index >= 15 is 0 Å². The summed E-state index contributed by atoms with van der Waals surface area (Å²) in [7, 11) is -2.15. The maximum atomic E-state index is 11.2. The van der Waals surface area contributed by atoms with E-state index in [1.807, 2.05) is 25.1 Å². The molecule has 0 saturated heterocycles. The Hall–Kier alpha value is -1.45. The SMILES string of the molecule is CNS(=O)(=O)c1ccc(C(N)=O)s1.C[C@@H]1c2ccc(Cl)cc2C[C@@H]1O. The number of rotatable bonds is 3. The van der Waals surface area contributed by atoms with Crippen LogP contribution < -0.4 is 10.5 Å². The zero-order valence-electron chi connectivity index (χ0n) is 13.7. The van der Waals surface area contributed by atoms with Crippen LogP contribution in [0.3, 0.4) is 0 Å². The van der Waals surface area contributed by atoms with E-state index in [1.54, 1.807) is 0 Å². The first-order chi connectivity index (χ1) is 11.7. The van der Waals surface area contributed by atoms with Crippen molar-refractivity contribution in [1.82, 2.24) is 4.72 Å². The smallest absolute Gasteiger partial charge is 0.258 e. The third-order valence-corrected chi connectivity index (χ3v) is 7.20. The molecule has 1 amide bonds. The van der Waals surface area contributed by atoms with Crippen molar-refractivity contribution < 1.29 is 18.3 Å². The first-order valence-electron chi connectivity index (χ1n) is 7.45. The molecule has 3 rings (SSSR count). The maximum absolute atomic E-state index is 11.2. The molecule has 0 unspecified atom stereocenters. The Bertz CT molecular complexity index is 880. The standard InChI is InChI=1S/C10H11ClO.C6H8N2O3S2/c1-6-9-3-2-8(11)4-7(9)5-10(6)12;1-8-13(10,11)5-3-2-4(12-5)6(7)9/h2-4,6,10,12H,5H2,1H3;2-3,8H,1H3,(H2,7,9)/t6-,10+;/m1./s1. The average Bonchev–Trinajstić information content (AvgIpc) is 3.15. The fourth-order valence-corrected chi connectivity index (χ4v) is 4.69. The monoisotopic (exact) mass is 402 g/mol. The zero-order valence-corrected chi connectivity index (χ0v) is 16.1. The third kappa shape index (κ3) is 4.59. The molecule has 25 heavy (non-hydrogen) atoms. The van der Waals surface area contributed by atoms with E-state index in [1.165, 1.54) is 30.3 Å². The number of thiophene rings is 1. The number of fused-ring (bicyclic) bond motifs is 1. The number of nitrogens with one attached hydrogen (secondary N) is 1. The summed E-state index contributed by atoms with van der Waals surface area (Å²) in [6.45, 7) is 2.05. The lowest BCUT2D eigenvalue weighted by Crippen LogP contribution is -2.17. The van der Waals surface area contributed by atoms with E-state index < -0.39 is 15.9 Å². The summed E-state index contributed by atoms with van der Waals surface area (Å²) in [5.74, 6) is -0.361. The van der Waals surface area contributed by atoms with Crippen LogP contribution in [0.25, 0.3) is 0 Å². The fourth-order valence-electron chi connectivity index (χ4n) is 2.50. The number of amides is 1. The zero-order chi connectivity index (χ0) is 18.8. The summed E-state index contributed by atoms with van der Waals surface area (Å²) in [5, 5.41) is 10.3. The predicted octanol–water partition coefficient (Wildman–Crippen LogP) is 2.12. The Morgan fingerprint density at radius 3 is 2.60 bits per heavy atom. The first-order valence-corrected chi connectivity index (χ1v) is 10.1. The summed E-state index contributed by atoms with van der Waals surface area (Å²) in [6.07, 6.45) is 0.523. The molecule has 0 fully saturated rings. The molecule has 0 saturated carbocycles. The van der Waals surface area contributed by atoms with Crippen LogP contribution in [-0.2, 0) is 16.4 Å². The number of carbonyl (C=O) groups is 1. The second-order valence-corrected chi connectivity index (χ2v) is 9.23. The van der Waals surface area contributed by atoms with Crippen LogP contribution in [0.15, 0.2) is 34.5 Å². The molecular weight excluding hydrogens is 384 g/mol. The van der Waals surface area contributed by atoms with E-state index in [-0.39, 0.29) is 21.1 Å². The van der Waals surface area contributed by atoms with Gasteiger partial charge in [-0.1, -0.05) is 24.6 Å². The lowest BCUT2D eigenvalue weighted by molar-refractivity contribution is 0.100. The topological polar surface area (TPSA) is 109 Å². The largest absolute Gasteiger partial charge is 0.392 e. The van der Waals surface area contributed by atoms with Gasteiger partial charge in [0.2, 0.25) is 10.0 Å². The number of nitrogens with two attached hydrogens (primary N) is 1. The molecule has 2 aromatic rings. The van der Waals surface area contributed by atoms with Crippen LogP contribution in [0.2, 0.25) is 5.02 Å². The molecule has 136 valence electrons. The van der Waals surface area contributed by atoms with Gasteiger partial charge >= 0.3 is 0 Å². The van der Waals surface area contributed by atoms with Gasteiger partial charge in [0.1, 0.15) is 4.21 Å². The number of halogens is 1. The lowest BCUT2D eigenvalue weighted by atomic mass is 10.0. The van der Waals surface area contributed by atoms with Gasteiger partial charge in [0.05, 0.1) is 11.0 Å². The number of primary amides is 1. The minimum absolute atomic E-state index is 0.0869. The van der Waals surface area contributed by atoms with E-state index in [0.29, 0.717) is 0 Å². The molecule has 1 aliphatic rings. The van der Waals surface area contributed by atoms with Crippen molar-refractivity contribution in [2.45, 2.75) is 29.6 Å². The van der Waals surface area contributed by atoms with E-state index in [4.69, 9.17) is 17.3 Å². The number of carbonyl (C=O) groups excluding carboxylic acids is 1. The third-order valence-electron chi connectivity index (χ3n) is 3.96. The highest BCUT2D eigenvalue weighted by Crippen LogP contribution is 2.34. The Balaban J connectivity index is 0.000000181. The van der Waals surface area contributed by atoms with Gasteiger partial charge in [-0.15, -0.1) is 11.3 Å². The molecule has 0 bridgehead atoms. The highest BCUT2D eigenvalue weighted by molar-refractivity contribution is 7.91. The van der Waals surface area contributed by atoms with Crippen molar-refractivity contribution in [3.63, 3.8) is 0 Å². The van der Waals surface area contributed by atoms with Crippen molar-refractivity contribution in [2.75, 3.05) is 7.05 Å². The van der Waals surface area contributed by atoms with Gasteiger partial charge < -0.3 is 10.8 Å². The number of aliphatic hydroxyl groups excluding tert-OH is 1. The number of aliphatic hydroxyl groups is 1. The molecule has 4 N–H and O–H groups in total. The summed E-state index contributed by atoms with van der Waals surface area (Å²) in [5.41, 5.74) is 7.41. The van der Waals surface area contributed by atoms with E-state index in [2.05, 4.69) is 4.72 Å². The molecule has 1 aromatic carbocycles. The van der Waals surface area contributed by atoms with Crippen LogP contribution in [0.5, 0.6) is 0 Å². The quantitative estimate of drug-likeness (QED) is 0.730. The van der Waals surface area contributed by atoms with Gasteiger partial charge in [-0.25, -0.2) is 13.1 Å². The average molecular weight is 403 g/mol. The summed E-state index contributed by atoms with van der Waals surface area (Å²) in [6, 6.07) is 8.57. The first kappa shape index (κ1) is 19.9. The Morgan fingerprint density at radius 2 is 2.04 bits per heavy atom. The second kappa shape index (κ2) is 7.84. The predicted molar refractivity (Wildman–Crippen MR) is 98.7 cm³/mol. The molecule has 9 heteroatoms. The summed E-state index contributed by atoms with van der Waals surface area (Å²) >= 11 is 6.68. The Kier molecular flexibility index (Phi) is 6.23. The van der Waals surface area contributed by atoms with Crippen molar-refractivity contribution in [3.05, 3.63) is 51.4 Å². The molecule has 1 aromatic heterocycles. The number of hydrogen-bond donors (Lipinski definition) is 3. The van der Waals surface area contributed by atoms with Gasteiger partial charge in [0.15, 0.2) is 0 Å².